The topological polar surface area (TPSA) is 21.3 Å². The average Bonchev–Trinajstić information content (AvgIpc) is 2.93. The fraction of sp³-hybridized carbons (Fsp3) is 0.625. The Kier molecular flexibility index (Phi) is 5.11. The molecule has 20 heavy (non-hydrogen) atoms. The van der Waals surface area contributed by atoms with Gasteiger partial charge in [0, 0.05) is 13.2 Å². The molecular weight excluding hydrogens is 260 g/mol. The summed E-state index contributed by atoms with van der Waals surface area (Å²) in [5.41, 5.74) is 0.161. The summed E-state index contributed by atoms with van der Waals surface area (Å²) in [6.07, 6.45) is 4.64. The summed E-state index contributed by atoms with van der Waals surface area (Å²) in [4.78, 5) is 0. The molecule has 1 aliphatic carbocycles. The van der Waals surface area contributed by atoms with Crippen LogP contribution in [0.4, 0.5) is 8.78 Å². The minimum absolute atomic E-state index is 0.0105. The van der Waals surface area contributed by atoms with E-state index in [0.29, 0.717) is 12.0 Å². The second-order valence-corrected chi connectivity index (χ2v) is 5.50. The summed E-state index contributed by atoms with van der Waals surface area (Å²) in [5.74, 6) is -1.52. The molecule has 0 saturated heterocycles. The quantitative estimate of drug-likeness (QED) is 0.863. The molecule has 1 unspecified atom stereocenters. The minimum Gasteiger partial charge on any atom is -0.377 e. The molecule has 0 heterocycles. The SMILES string of the molecule is CCNC(Cc1cccc(F)c1F)C1(OC)CCCC1. The third kappa shape index (κ3) is 3.01. The zero-order chi connectivity index (χ0) is 14.6. The molecule has 0 radical (unpaired) electrons. The van der Waals surface area contributed by atoms with E-state index in [1.54, 1.807) is 19.2 Å². The Morgan fingerprint density at radius 1 is 1.30 bits per heavy atom. The molecule has 2 nitrogen and oxygen atoms in total. The van der Waals surface area contributed by atoms with Crippen LogP contribution in [0, 0.1) is 11.6 Å². The van der Waals surface area contributed by atoms with E-state index in [0.717, 1.165) is 38.3 Å². The van der Waals surface area contributed by atoms with E-state index in [2.05, 4.69) is 5.32 Å². The van der Waals surface area contributed by atoms with Crippen molar-refractivity contribution in [3.8, 4) is 0 Å². The van der Waals surface area contributed by atoms with Gasteiger partial charge in [0.05, 0.1) is 5.60 Å². The number of rotatable bonds is 6. The molecule has 0 aromatic heterocycles. The van der Waals surface area contributed by atoms with Crippen LogP contribution >= 0.6 is 0 Å². The molecule has 1 fully saturated rings. The molecule has 1 aromatic carbocycles. The van der Waals surface area contributed by atoms with Crippen molar-refractivity contribution < 1.29 is 13.5 Å². The van der Waals surface area contributed by atoms with Crippen LogP contribution in [-0.2, 0) is 11.2 Å². The number of methoxy groups -OCH3 is 1. The molecule has 2 rings (SSSR count). The van der Waals surface area contributed by atoms with Gasteiger partial charge in [0.2, 0.25) is 0 Å². The Balaban J connectivity index is 2.23. The number of hydrogen-bond acceptors (Lipinski definition) is 2. The highest BCUT2D eigenvalue weighted by atomic mass is 19.2. The van der Waals surface area contributed by atoms with Gasteiger partial charge < -0.3 is 10.1 Å². The van der Waals surface area contributed by atoms with Crippen LogP contribution in [0.5, 0.6) is 0 Å². The predicted octanol–water partition coefficient (Wildman–Crippen LogP) is 3.44. The molecule has 1 atom stereocenters. The van der Waals surface area contributed by atoms with Gasteiger partial charge in [-0.1, -0.05) is 31.9 Å². The molecule has 0 amide bonds. The van der Waals surface area contributed by atoms with Crippen molar-refractivity contribution in [1.29, 1.82) is 0 Å². The largest absolute Gasteiger partial charge is 0.377 e. The number of halogens is 2. The lowest BCUT2D eigenvalue weighted by Crippen LogP contribution is -2.51. The highest BCUT2D eigenvalue weighted by Crippen LogP contribution is 2.37. The van der Waals surface area contributed by atoms with E-state index < -0.39 is 11.6 Å². The van der Waals surface area contributed by atoms with Gasteiger partial charge in [-0.2, -0.15) is 0 Å². The average molecular weight is 283 g/mol. The van der Waals surface area contributed by atoms with Gasteiger partial charge >= 0.3 is 0 Å². The van der Waals surface area contributed by atoms with Crippen molar-refractivity contribution in [3.63, 3.8) is 0 Å². The van der Waals surface area contributed by atoms with Gasteiger partial charge in [0.25, 0.3) is 0 Å². The van der Waals surface area contributed by atoms with Crippen molar-refractivity contribution >= 4 is 0 Å². The van der Waals surface area contributed by atoms with E-state index in [9.17, 15) is 8.78 Å². The molecule has 1 aliphatic rings. The molecule has 4 heteroatoms. The van der Waals surface area contributed by atoms with Gasteiger partial charge in [-0.05, 0) is 37.4 Å². The zero-order valence-electron chi connectivity index (χ0n) is 12.2. The van der Waals surface area contributed by atoms with Gasteiger partial charge in [0.1, 0.15) is 0 Å². The zero-order valence-corrected chi connectivity index (χ0v) is 12.2. The summed E-state index contributed by atoms with van der Waals surface area (Å²) in [6.45, 7) is 2.81. The van der Waals surface area contributed by atoms with E-state index in [1.807, 2.05) is 6.92 Å². The van der Waals surface area contributed by atoms with Crippen LogP contribution in [-0.4, -0.2) is 25.3 Å². The monoisotopic (exact) mass is 283 g/mol. The van der Waals surface area contributed by atoms with Crippen LogP contribution in [0.15, 0.2) is 18.2 Å². The van der Waals surface area contributed by atoms with Crippen LogP contribution in [0.2, 0.25) is 0 Å². The van der Waals surface area contributed by atoms with Gasteiger partial charge in [-0.15, -0.1) is 0 Å². The molecule has 0 spiro atoms. The first kappa shape index (κ1) is 15.4. The second-order valence-electron chi connectivity index (χ2n) is 5.50. The number of benzene rings is 1. The Bertz CT molecular complexity index is 444. The summed E-state index contributed by atoms with van der Waals surface area (Å²) >= 11 is 0. The van der Waals surface area contributed by atoms with Crippen molar-refractivity contribution in [2.45, 2.75) is 50.7 Å². The Labute approximate surface area is 119 Å². The smallest absolute Gasteiger partial charge is 0.162 e. The minimum atomic E-state index is -0.782. The number of ether oxygens (including phenoxy) is 1. The fourth-order valence-electron chi connectivity index (χ4n) is 3.28. The molecule has 0 aliphatic heterocycles. The van der Waals surface area contributed by atoms with Gasteiger partial charge in [-0.25, -0.2) is 8.78 Å². The van der Waals surface area contributed by atoms with E-state index in [1.165, 1.54) is 0 Å². The van der Waals surface area contributed by atoms with E-state index >= 15 is 0 Å². The maximum absolute atomic E-state index is 13.9. The van der Waals surface area contributed by atoms with E-state index in [-0.39, 0.29) is 11.6 Å². The summed E-state index contributed by atoms with van der Waals surface area (Å²) in [7, 11) is 1.72. The lowest BCUT2D eigenvalue weighted by Gasteiger charge is -2.37. The summed E-state index contributed by atoms with van der Waals surface area (Å²) in [6, 6.07) is 4.38. The molecule has 1 aromatic rings. The third-order valence-corrected chi connectivity index (χ3v) is 4.40. The first-order chi connectivity index (χ1) is 9.63. The Hall–Kier alpha value is -1.00. The lowest BCUT2D eigenvalue weighted by molar-refractivity contribution is -0.0353. The maximum atomic E-state index is 13.9. The fourth-order valence-corrected chi connectivity index (χ4v) is 3.28. The van der Waals surface area contributed by atoms with E-state index in [4.69, 9.17) is 4.74 Å². The predicted molar refractivity (Wildman–Crippen MR) is 75.7 cm³/mol. The number of nitrogens with one attached hydrogen (secondary N) is 1. The molecule has 0 bridgehead atoms. The number of likely N-dealkylation sites (N-methyl/N-ethyl adjacent to an activating group) is 1. The molecule has 1 N–H and O–H groups in total. The van der Waals surface area contributed by atoms with Crippen LogP contribution in [0.3, 0.4) is 0 Å². The summed E-state index contributed by atoms with van der Waals surface area (Å²) < 4.78 is 33.0. The third-order valence-electron chi connectivity index (χ3n) is 4.40. The highest BCUT2D eigenvalue weighted by Gasteiger charge is 2.41. The lowest BCUT2D eigenvalue weighted by atomic mass is 9.87. The summed E-state index contributed by atoms with van der Waals surface area (Å²) in [5, 5.41) is 3.40. The van der Waals surface area contributed by atoms with Crippen LogP contribution in [0.25, 0.3) is 0 Å². The highest BCUT2D eigenvalue weighted by molar-refractivity contribution is 5.21. The standard InChI is InChI=1S/C16H23F2NO/c1-3-19-14(16(20-2)9-4-5-10-16)11-12-7-6-8-13(17)15(12)18/h6-8,14,19H,3-5,9-11H2,1-2H3. The Morgan fingerprint density at radius 3 is 2.60 bits per heavy atom. The molecule has 112 valence electrons. The maximum Gasteiger partial charge on any atom is 0.162 e. The molecule has 1 saturated carbocycles. The van der Waals surface area contributed by atoms with Gasteiger partial charge in [0.15, 0.2) is 11.6 Å². The van der Waals surface area contributed by atoms with Crippen LogP contribution < -0.4 is 5.32 Å². The van der Waals surface area contributed by atoms with Gasteiger partial charge in [-0.3, -0.25) is 0 Å². The first-order valence-electron chi connectivity index (χ1n) is 7.34. The van der Waals surface area contributed by atoms with Crippen LogP contribution in [0.1, 0.15) is 38.2 Å². The van der Waals surface area contributed by atoms with Crippen molar-refractivity contribution in [2.24, 2.45) is 0 Å². The normalized spacial score (nSPS) is 19.2. The van der Waals surface area contributed by atoms with Crippen molar-refractivity contribution in [3.05, 3.63) is 35.4 Å². The number of hydrogen-bond donors (Lipinski definition) is 1. The second kappa shape index (κ2) is 6.64. The van der Waals surface area contributed by atoms with Crippen molar-refractivity contribution in [1.82, 2.24) is 5.32 Å². The van der Waals surface area contributed by atoms with Crippen molar-refractivity contribution in [2.75, 3.05) is 13.7 Å². The Morgan fingerprint density at radius 2 is 2.00 bits per heavy atom. The first-order valence-corrected chi connectivity index (χ1v) is 7.34. The molecular formula is C16H23F2NO.